The third-order valence-electron chi connectivity index (χ3n) is 4.51. The highest BCUT2D eigenvalue weighted by molar-refractivity contribution is 7.99. The highest BCUT2D eigenvalue weighted by atomic mass is 32.2. The van der Waals surface area contributed by atoms with Gasteiger partial charge in [-0.25, -0.2) is 8.78 Å². The van der Waals surface area contributed by atoms with Crippen LogP contribution in [0.25, 0.3) is 11.1 Å². The van der Waals surface area contributed by atoms with E-state index in [9.17, 15) is 13.6 Å². The molecule has 0 aliphatic rings. The quantitative estimate of drug-likeness (QED) is 0.378. The first-order valence-electron chi connectivity index (χ1n) is 9.33. The Morgan fingerprint density at radius 2 is 1.52 bits per heavy atom. The first-order chi connectivity index (χ1) is 15.0. The van der Waals surface area contributed by atoms with Gasteiger partial charge in [0, 0.05) is 21.6 Å². The van der Waals surface area contributed by atoms with Gasteiger partial charge in [-0.1, -0.05) is 30.0 Å². The molecule has 4 aromatic rings. The van der Waals surface area contributed by atoms with Gasteiger partial charge < -0.3 is 11.1 Å². The Morgan fingerprint density at radius 1 is 0.806 bits per heavy atom. The van der Waals surface area contributed by atoms with Crippen molar-refractivity contribution in [3.05, 3.63) is 102 Å². The molecule has 0 aliphatic heterocycles. The van der Waals surface area contributed by atoms with Crippen LogP contribution in [0.5, 0.6) is 0 Å². The Balaban J connectivity index is 1.49. The second-order valence-corrected chi connectivity index (χ2v) is 7.88. The summed E-state index contributed by atoms with van der Waals surface area (Å²) < 4.78 is 26.5. The van der Waals surface area contributed by atoms with Crippen LogP contribution in [0.1, 0.15) is 10.4 Å². The molecule has 0 aliphatic carbocycles. The summed E-state index contributed by atoms with van der Waals surface area (Å²) >= 11 is 1.35. The molecule has 31 heavy (non-hydrogen) atoms. The van der Waals surface area contributed by atoms with Gasteiger partial charge in [0.2, 0.25) is 0 Å². The van der Waals surface area contributed by atoms with E-state index in [0.29, 0.717) is 21.8 Å². The molecule has 3 N–H and O–H groups in total. The fourth-order valence-electron chi connectivity index (χ4n) is 2.94. The molecule has 1 amide bonds. The minimum atomic E-state index is -0.401. The molecule has 0 radical (unpaired) electrons. The molecule has 1 aromatic heterocycles. The number of carbonyl (C=O) groups excluding carboxylic acids is 1. The van der Waals surface area contributed by atoms with E-state index in [0.717, 1.165) is 22.2 Å². The van der Waals surface area contributed by atoms with Crippen LogP contribution in [-0.2, 0) is 0 Å². The normalized spacial score (nSPS) is 10.6. The second kappa shape index (κ2) is 8.97. The van der Waals surface area contributed by atoms with E-state index in [-0.39, 0.29) is 11.7 Å². The van der Waals surface area contributed by atoms with Gasteiger partial charge in [0.05, 0.1) is 17.6 Å². The van der Waals surface area contributed by atoms with Crippen molar-refractivity contribution < 1.29 is 13.6 Å². The standard InChI is InChI=1S/C24H17F2N3OS/c25-18-6-1-15(2-7-18)17-5-10-22(27)23(11-17)29-24(30)16-3-8-20(9-4-16)31-21-12-19(26)13-28-14-21/h1-14H,27H2,(H,29,30). The van der Waals surface area contributed by atoms with Gasteiger partial charge in [-0.3, -0.25) is 9.78 Å². The second-order valence-electron chi connectivity index (χ2n) is 6.73. The van der Waals surface area contributed by atoms with E-state index >= 15 is 0 Å². The van der Waals surface area contributed by atoms with Crippen molar-refractivity contribution in [2.45, 2.75) is 9.79 Å². The van der Waals surface area contributed by atoms with Gasteiger partial charge in [0.15, 0.2) is 0 Å². The Kier molecular flexibility index (Phi) is 5.95. The summed E-state index contributed by atoms with van der Waals surface area (Å²) in [5, 5.41) is 2.82. The number of benzene rings is 3. The number of hydrogen-bond donors (Lipinski definition) is 2. The third kappa shape index (κ3) is 5.07. The lowest BCUT2D eigenvalue weighted by Crippen LogP contribution is -2.13. The molecular weight excluding hydrogens is 416 g/mol. The molecule has 7 heteroatoms. The number of amides is 1. The monoisotopic (exact) mass is 433 g/mol. The molecule has 0 spiro atoms. The van der Waals surface area contributed by atoms with E-state index < -0.39 is 5.82 Å². The van der Waals surface area contributed by atoms with E-state index in [4.69, 9.17) is 5.73 Å². The highest BCUT2D eigenvalue weighted by Gasteiger charge is 2.10. The Hall–Kier alpha value is -3.71. The van der Waals surface area contributed by atoms with Crippen molar-refractivity contribution in [2.75, 3.05) is 11.1 Å². The molecule has 0 atom stereocenters. The van der Waals surface area contributed by atoms with Crippen molar-refractivity contribution in [2.24, 2.45) is 0 Å². The molecular formula is C24H17F2N3OS. The minimum Gasteiger partial charge on any atom is -0.397 e. The molecule has 154 valence electrons. The molecule has 0 fully saturated rings. The van der Waals surface area contributed by atoms with Gasteiger partial charge >= 0.3 is 0 Å². The van der Waals surface area contributed by atoms with E-state index in [1.165, 1.54) is 30.0 Å². The SMILES string of the molecule is Nc1ccc(-c2ccc(F)cc2)cc1NC(=O)c1ccc(Sc2cncc(F)c2)cc1. The smallest absolute Gasteiger partial charge is 0.255 e. The molecule has 4 nitrogen and oxygen atoms in total. The van der Waals surface area contributed by atoms with Gasteiger partial charge in [-0.2, -0.15) is 0 Å². The summed E-state index contributed by atoms with van der Waals surface area (Å²) in [4.78, 5) is 18.0. The number of anilines is 2. The van der Waals surface area contributed by atoms with E-state index in [1.54, 1.807) is 54.7 Å². The summed E-state index contributed by atoms with van der Waals surface area (Å²) in [7, 11) is 0. The van der Waals surface area contributed by atoms with Crippen molar-refractivity contribution in [1.29, 1.82) is 0 Å². The number of nitrogens with one attached hydrogen (secondary N) is 1. The van der Waals surface area contributed by atoms with Crippen LogP contribution < -0.4 is 11.1 Å². The third-order valence-corrected chi connectivity index (χ3v) is 5.48. The van der Waals surface area contributed by atoms with Gasteiger partial charge in [-0.05, 0) is 65.7 Å². The lowest BCUT2D eigenvalue weighted by atomic mass is 10.0. The summed E-state index contributed by atoms with van der Waals surface area (Å²) in [6.45, 7) is 0. The maximum Gasteiger partial charge on any atom is 0.255 e. The Bertz CT molecular complexity index is 1230. The van der Waals surface area contributed by atoms with E-state index in [1.807, 2.05) is 6.07 Å². The van der Waals surface area contributed by atoms with Crippen LogP contribution in [0.4, 0.5) is 20.2 Å². The maximum absolute atomic E-state index is 13.3. The molecule has 0 bridgehead atoms. The predicted molar refractivity (Wildman–Crippen MR) is 119 cm³/mol. The number of aromatic nitrogens is 1. The summed E-state index contributed by atoms with van der Waals surface area (Å²) in [5.74, 6) is -1.03. The fraction of sp³-hybridized carbons (Fsp3) is 0. The zero-order valence-corrected chi connectivity index (χ0v) is 17.0. The van der Waals surface area contributed by atoms with Crippen molar-refractivity contribution in [1.82, 2.24) is 4.98 Å². The van der Waals surface area contributed by atoms with Crippen LogP contribution in [0, 0.1) is 11.6 Å². The van der Waals surface area contributed by atoms with Gasteiger partial charge in [0.25, 0.3) is 5.91 Å². The largest absolute Gasteiger partial charge is 0.397 e. The van der Waals surface area contributed by atoms with Crippen LogP contribution in [0.15, 0.2) is 95.0 Å². The molecule has 0 saturated carbocycles. The zero-order valence-electron chi connectivity index (χ0n) is 16.2. The summed E-state index contributed by atoms with van der Waals surface area (Å²) in [5.41, 5.74) is 8.98. The predicted octanol–water partition coefficient (Wildman–Crippen LogP) is 6.01. The Morgan fingerprint density at radius 3 is 2.23 bits per heavy atom. The first kappa shape index (κ1) is 20.6. The average Bonchev–Trinajstić information content (AvgIpc) is 2.76. The highest BCUT2D eigenvalue weighted by Crippen LogP contribution is 2.29. The number of pyridine rings is 1. The Labute approximate surface area is 182 Å². The number of hydrogen-bond acceptors (Lipinski definition) is 4. The lowest BCUT2D eigenvalue weighted by molar-refractivity contribution is 0.102. The average molecular weight is 433 g/mol. The van der Waals surface area contributed by atoms with Gasteiger partial charge in [0.1, 0.15) is 11.6 Å². The minimum absolute atomic E-state index is 0.313. The number of nitrogen functional groups attached to an aromatic ring is 1. The molecule has 3 aromatic carbocycles. The number of nitrogens with zero attached hydrogens (tertiary/aromatic N) is 1. The molecule has 0 unspecified atom stereocenters. The number of carbonyl (C=O) groups is 1. The number of rotatable bonds is 5. The molecule has 1 heterocycles. The lowest BCUT2D eigenvalue weighted by Gasteiger charge is -2.11. The molecule has 4 rings (SSSR count). The number of nitrogens with two attached hydrogens (primary N) is 1. The van der Waals surface area contributed by atoms with Crippen molar-refractivity contribution in [3.8, 4) is 11.1 Å². The van der Waals surface area contributed by atoms with Crippen molar-refractivity contribution in [3.63, 3.8) is 0 Å². The summed E-state index contributed by atoms with van der Waals surface area (Å²) in [6, 6.07) is 19.7. The van der Waals surface area contributed by atoms with E-state index in [2.05, 4.69) is 10.3 Å². The zero-order chi connectivity index (χ0) is 21.8. The molecule has 0 saturated heterocycles. The van der Waals surface area contributed by atoms with Gasteiger partial charge in [-0.15, -0.1) is 0 Å². The summed E-state index contributed by atoms with van der Waals surface area (Å²) in [6.07, 6.45) is 2.72. The topological polar surface area (TPSA) is 68.0 Å². The van der Waals surface area contributed by atoms with Crippen molar-refractivity contribution >= 4 is 29.0 Å². The van der Waals surface area contributed by atoms with Crippen LogP contribution >= 0.6 is 11.8 Å². The first-order valence-corrected chi connectivity index (χ1v) is 10.1. The fourth-order valence-corrected chi connectivity index (χ4v) is 3.77. The maximum atomic E-state index is 13.3. The van der Waals surface area contributed by atoms with Crippen LogP contribution in [-0.4, -0.2) is 10.9 Å². The van der Waals surface area contributed by atoms with Crippen LogP contribution in [0.3, 0.4) is 0 Å². The van der Waals surface area contributed by atoms with Crippen LogP contribution in [0.2, 0.25) is 0 Å². The number of halogens is 2.